The maximum absolute atomic E-state index is 11.9. The second-order valence-electron chi connectivity index (χ2n) is 4.31. The summed E-state index contributed by atoms with van der Waals surface area (Å²) in [7, 11) is 1.18. The standard InChI is InChI=1S/C15H12N2O3/c1-9-3-4-10-6-11(14(18)17-13(10)5-9)7-12(8-16)15(19)20-2/h3-7H,1-2H3,(H,17,18)/b12-7+. The van der Waals surface area contributed by atoms with Crippen LogP contribution in [0, 0.1) is 18.3 Å². The number of carbonyl (C=O) groups is 1. The van der Waals surface area contributed by atoms with E-state index in [-0.39, 0.29) is 16.7 Å². The summed E-state index contributed by atoms with van der Waals surface area (Å²) in [5.41, 5.74) is 1.40. The van der Waals surface area contributed by atoms with Gasteiger partial charge in [-0.3, -0.25) is 4.79 Å². The Labute approximate surface area is 115 Å². The molecule has 1 N–H and O–H groups in total. The lowest BCUT2D eigenvalue weighted by atomic mass is 10.1. The monoisotopic (exact) mass is 268 g/mol. The number of rotatable bonds is 2. The van der Waals surface area contributed by atoms with Gasteiger partial charge in [0.25, 0.3) is 5.56 Å². The Morgan fingerprint density at radius 3 is 2.80 bits per heavy atom. The SMILES string of the molecule is COC(=O)/C(C#N)=C/c1cc2ccc(C)cc2[nH]c1=O. The lowest BCUT2D eigenvalue weighted by Gasteiger charge is -2.02. The smallest absolute Gasteiger partial charge is 0.348 e. The molecule has 0 atom stereocenters. The molecule has 2 rings (SSSR count). The number of aryl methyl sites for hydroxylation is 1. The molecule has 1 aromatic carbocycles. The fraction of sp³-hybridized carbons (Fsp3) is 0.133. The number of nitrogens with zero attached hydrogens (tertiary/aromatic N) is 1. The van der Waals surface area contributed by atoms with Crippen molar-refractivity contribution in [3.8, 4) is 6.07 Å². The van der Waals surface area contributed by atoms with E-state index in [1.54, 1.807) is 12.1 Å². The molecule has 0 amide bonds. The van der Waals surface area contributed by atoms with Crippen molar-refractivity contribution < 1.29 is 9.53 Å². The van der Waals surface area contributed by atoms with Gasteiger partial charge in [-0.15, -0.1) is 0 Å². The van der Waals surface area contributed by atoms with Crippen molar-refractivity contribution in [3.63, 3.8) is 0 Å². The van der Waals surface area contributed by atoms with E-state index in [9.17, 15) is 9.59 Å². The van der Waals surface area contributed by atoms with Gasteiger partial charge in [0, 0.05) is 11.1 Å². The molecular formula is C15H12N2O3. The fourth-order valence-electron chi connectivity index (χ4n) is 1.84. The number of nitriles is 1. The number of hydrogen-bond donors (Lipinski definition) is 1. The topological polar surface area (TPSA) is 82.9 Å². The minimum Gasteiger partial charge on any atom is -0.465 e. The lowest BCUT2D eigenvalue weighted by molar-refractivity contribution is -0.135. The van der Waals surface area contributed by atoms with Gasteiger partial charge in [0.2, 0.25) is 0 Å². The highest BCUT2D eigenvalue weighted by Gasteiger charge is 2.10. The van der Waals surface area contributed by atoms with Crippen molar-refractivity contribution in [2.45, 2.75) is 6.92 Å². The number of ether oxygens (including phenoxy) is 1. The summed E-state index contributed by atoms with van der Waals surface area (Å²) in [6, 6.07) is 8.99. The van der Waals surface area contributed by atoms with Gasteiger partial charge in [0.15, 0.2) is 0 Å². The summed E-state index contributed by atoms with van der Waals surface area (Å²) in [5.74, 6) is -0.768. The Kier molecular flexibility index (Phi) is 3.67. The van der Waals surface area contributed by atoms with Crippen molar-refractivity contribution in [2.24, 2.45) is 0 Å². The maximum Gasteiger partial charge on any atom is 0.348 e. The average molecular weight is 268 g/mol. The molecule has 100 valence electrons. The third-order valence-corrected chi connectivity index (χ3v) is 2.86. The molecule has 0 saturated heterocycles. The Morgan fingerprint density at radius 2 is 2.15 bits per heavy atom. The van der Waals surface area contributed by atoms with Crippen molar-refractivity contribution >= 4 is 22.9 Å². The van der Waals surface area contributed by atoms with E-state index in [2.05, 4.69) is 9.72 Å². The van der Waals surface area contributed by atoms with E-state index >= 15 is 0 Å². The van der Waals surface area contributed by atoms with Crippen LogP contribution in [0.15, 0.2) is 34.6 Å². The van der Waals surface area contributed by atoms with Crippen LogP contribution in [0.25, 0.3) is 17.0 Å². The second kappa shape index (κ2) is 5.41. The third kappa shape index (κ3) is 2.59. The number of aromatic amines is 1. The van der Waals surface area contributed by atoms with Gasteiger partial charge in [-0.1, -0.05) is 12.1 Å². The van der Waals surface area contributed by atoms with Crippen LogP contribution in [0.4, 0.5) is 0 Å². The molecule has 0 spiro atoms. The van der Waals surface area contributed by atoms with Gasteiger partial charge in [0.05, 0.1) is 7.11 Å². The Bertz CT molecular complexity index is 810. The number of benzene rings is 1. The van der Waals surface area contributed by atoms with Crippen LogP contribution in [-0.4, -0.2) is 18.1 Å². The van der Waals surface area contributed by atoms with Crippen molar-refractivity contribution in [2.75, 3.05) is 7.11 Å². The molecule has 2 aromatic rings. The summed E-state index contributed by atoms with van der Waals surface area (Å²) in [6.07, 6.45) is 1.23. The van der Waals surface area contributed by atoms with Crippen LogP contribution in [0.3, 0.4) is 0 Å². The van der Waals surface area contributed by atoms with Gasteiger partial charge in [-0.2, -0.15) is 5.26 Å². The number of aromatic nitrogens is 1. The highest BCUT2D eigenvalue weighted by Crippen LogP contribution is 2.14. The van der Waals surface area contributed by atoms with Crippen LogP contribution in [0.2, 0.25) is 0 Å². The molecule has 1 aromatic heterocycles. The summed E-state index contributed by atoms with van der Waals surface area (Å²) in [5, 5.41) is 9.72. The molecule has 20 heavy (non-hydrogen) atoms. The normalized spacial score (nSPS) is 11.2. The Morgan fingerprint density at radius 1 is 1.40 bits per heavy atom. The van der Waals surface area contributed by atoms with Crippen molar-refractivity contribution in [1.29, 1.82) is 5.26 Å². The van der Waals surface area contributed by atoms with Crippen LogP contribution < -0.4 is 5.56 Å². The number of pyridine rings is 1. The number of fused-ring (bicyclic) bond motifs is 1. The number of H-pyrrole nitrogens is 1. The molecule has 0 bridgehead atoms. The van der Waals surface area contributed by atoms with Gasteiger partial charge < -0.3 is 9.72 Å². The number of hydrogen-bond acceptors (Lipinski definition) is 4. The molecule has 0 saturated carbocycles. The first-order chi connectivity index (χ1) is 9.55. The van der Waals surface area contributed by atoms with E-state index in [1.165, 1.54) is 13.2 Å². The van der Waals surface area contributed by atoms with Gasteiger partial charge in [-0.05, 0) is 36.1 Å². The summed E-state index contributed by atoms with van der Waals surface area (Å²) in [4.78, 5) is 26.0. The van der Waals surface area contributed by atoms with E-state index in [0.717, 1.165) is 10.9 Å². The van der Waals surface area contributed by atoms with E-state index in [0.29, 0.717) is 5.52 Å². The number of methoxy groups -OCH3 is 1. The summed E-state index contributed by atoms with van der Waals surface area (Å²) in [6.45, 7) is 1.93. The first-order valence-corrected chi connectivity index (χ1v) is 5.89. The highest BCUT2D eigenvalue weighted by atomic mass is 16.5. The van der Waals surface area contributed by atoms with Gasteiger partial charge in [-0.25, -0.2) is 4.79 Å². The average Bonchev–Trinajstić information content (AvgIpc) is 2.44. The number of carbonyl (C=O) groups excluding carboxylic acids is 1. The Balaban J connectivity index is 2.61. The Hall–Kier alpha value is -2.87. The molecule has 5 nitrogen and oxygen atoms in total. The fourth-order valence-corrected chi connectivity index (χ4v) is 1.84. The second-order valence-corrected chi connectivity index (χ2v) is 4.31. The highest BCUT2D eigenvalue weighted by molar-refractivity contribution is 5.98. The minimum absolute atomic E-state index is 0.218. The van der Waals surface area contributed by atoms with Crippen LogP contribution in [0.5, 0.6) is 0 Å². The minimum atomic E-state index is -0.768. The van der Waals surface area contributed by atoms with E-state index in [4.69, 9.17) is 5.26 Å². The van der Waals surface area contributed by atoms with Crippen molar-refractivity contribution in [3.05, 3.63) is 51.3 Å². The zero-order valence-electron chi connectivity index (χ0n) is 11.1. The molecular weight excluding hydrogens is 256 g/mol. The predicted octanol–water partition coefficient (Wildman–Crippen LogP) is 1.92. The number of nitrogens with one attached hydrogen (secondary N) is 1. The molecule has 1 heterocycles. The lowest BCUT2D eigenvalue weighted by Crippen LogP contribution is -2.11. The predicted molar refractivity (Wildman–Crippen MR) is 74.9 cm³/mol. The zero-order chi connectivity index (χ0) is 14.7. The number of esters is 1. The van der Waals surface area contributed by atoms with Crippen LogP contribution >= 0.6 is 0 Å². The molecule has 0 radical (unpaired) electrons. The molecule has 0 fully saturated rings. The molecule has 0 aliphatic carbocycles. The molecule has 0 aliphatic rings. The molecule has 0 aliphatic heterocycles. The zero-order valence-corrected chi connectivity index (χ0v) is 11.1. The first kappa shape index (κ1) is 13.6. The molecule has 0 unspecified atom stereocenters. The van der Waals surface area contributed by atoms with Crippen LogP contribution in [0.1, 0.15) is 11.1 Å². The van der Waals surface area contributed by atoms with E-state index < -0.39 is 5.97 Å². The van der Waals surface area contributed by atoms with E-state index in [1.807, 2.05) is 25.1 Å². The van der Waals surface area contributed by atoms with Crippen LogP contribution in [-0.2, 0) is 9.53 Å². The van der Waals surface area contributed by atoms with Gasteiger partial charge >= 0.3 is 5.97 Å². The largest absolute Gasteiger partial charge is 0.465 e. The quantitative estimate of drug-likeness (QED) is 0.512. The third-order valence-electron chi connectivity index (χ3n) is 2.86. The molecule has 5 heteroatoms. The van der Waals surface area contributed by atoms with Crippen molar-refractivity contribution in [1.82, 2.24) is 4.98 Å². The summed E-state index contributed by atoms with van der Waals surface area (Å²) >= 11 is 0. The first-order valence-electron chi connectivity index (χ1n) is 5.89. The maximum atomic E-state index is 11.9. The van der Waals surface area contributed by atoms with Gasteiger partial charge in [0.1, 0.15) is 11.6 Å². The summed E-state index contributed by atoms with van der Waals surface area (Å²) < 4.78 is 4.48.